The van der Waals surface area contributed by atoms with Crippen molar-refractivity contribution in [1.82, 2.24) is 10.2 Å². The standard InChI is InChI=1S/C23H27ClN4O4/c1-32-11-8-25-23(29)20-13-17-12-19(28(30)31)6-7-21(17)27-10-9-26(15-22(20)27)14-16-2-4-18(24)5-3-16/h2-7,12,20,22H,8-11,13-15H2,1H3,(H,25,29)/t20-,22+/m1/s1. The number of non-ortho nitro benzene ring substituents is 1. The molecular formula is C23H27ClN4O4. The molecule has 2 heterocycles. The van der Waals surface area contributed by atoms with Gasteiger partial charge in [0.1, 0.15) is 0 Å². The lowest BCUT2D eigenvalue weighted by atomic mass is 9.83. The van der Waals surface area contributed by atoms with Crippen LogP contribution in [0.2, 0.25) is 5.02 Å². The van der Waals surface area contributed by atoms with Crippen LogP contribution in [0.25, 0.3) is 0 Å². The predicted molar refractivity (Wildman–Crippen MR) is 123 cm³/mol. The Morgan fingerprint density at radius 1 is 1.25 bits per heavy atom. The number of hydrogen-bond acceptors (Lipinski definition) is 6. The molecule has 170 valence electrons. The monoisotopic (exact) mass is 458 g/mol. The minimum absolute atomic E-state index is 0.00690. The van der Waals surface area contributed by atoms with Crippen molar-refractivity contribution in [2.24, 2.45) is 5.92 Å². The molecule has 2 atom stereocenters. The zero-order chi connectivity index (χ0) is 22.7. The Morgan fingerprint density at radius 3 is 2.75 bits per heavy atom. The molecule has 0 bridgehead atoms. The van der Waals surface area contributed by atoms with Crippen molar-refractivity contribution in [1.29, 1.82) is 0 Å². The number of anilines is 1. The van der Waals surface area contributed by atoms with E-state index in [0.717, 1.165) is 37.4 Å². The van der Waals surface area contributed by atoms with Crippen molar-refractivity contribution in [3.8, 4) is 0 Å². The molecule has 9 heteroatoms. The summed E-state index contributed by atoms with van der Waals surface area (Å²) in [7, 11) is 1.60. The van der Waals surface area contributed by atoms with Crippen LogP contribution in [-0.4, -0.2) is 61.7 Å². The molecule has 2 aromatic carbocycles. The molecule has 1 saturated heterocycles. The average Bonchev–Trinajstić information content (AvgIpc) is 2.79. The Labute approximate surface area is 192 Å². The van der Waals surface area contributed by atoms with E-state index in [1.54, 1.807) is 19.2 Å². The number of benzene rings is 2. The Balaban J connectivity index is 1.57. The normalized spacial score (nSPS) is 20.4. The molecule has 0 aromatic heterocycles. The van der Waals surface area contributed by atoms with Gasteiger partial charge in [0.2, 0.25) is 5.91 Å². The molecule has 0 aliphatic carbocycles. The second-order valence-electron chi connectivity index (χ2n) is 8.29. The van der Waals surface area contributed by atoms with Crippen molar-refractivity contribution in [3.05, 3.63) is 68.7 Å². The lowest BCUT2D eigenvalue weighted by molar-refractivity contribution is -0.384. The number of halogens is 1. The van der Waals surface area contributed by atoms with Gasteiger partial charge in [-0.15, -0.1) is 0 Å². The van der Waals surface area contributed by atoms with Gasteiger partial charge < -0.3 is 15.0 Å². The number of nitro groups is 1. The molecule has 1 N–H and O–H groups in total. The predicted octanol–water partition coefficient (Wildman–Crippen LogP) is 2.87. The smallest absolute Gasteiger partial charge is 0.269 e. The number of nitro benzene ring substituents is 1. The zero-order valence-corrected chi connectivity index (χ0v) is 18.8. The fourth-order valence-corrected chi connectivity index (χ4v) is 4.81. The van der Waals surface area contributed by atoms with Gasteiger partial charge in [-0.1, -0.05) is 23.7 Å². The number of rotatable bonds is 7. The fourth-order valence-electron chi connectivity index (χ4n) is 4.68. The van der Waals surface area contributed by atoms with Crippen LogP contribution in [0.3, 0.4) is 0 Å². The molecule has 0 unspecified atom stereocenters. The largest absolute Gasteiger partial charge is 0.383 e. The van der Waals surface area contributed by atoms with Gasteiger partial charge >= 0.3 is 0 Å². The van der Waals surface area contributed by atoms with Crippen molar-refractivity contribution in [2.45, 2.75) is 19.0 Å². The highest BCUT2D eigenvalue weighted by atomic mass is 35.5. The van der Waals surface area contributed by atoms with E-state index in [1.165, 1.54) is 5.56 Å². The number of amides is 1. The van der Waals surface area contributed by atoms with Gasteiger partial charge in [-0.3, -0.25) is 19.8 Å². The third-order valence-corrected chi connectivity index (χ3v) is 6.50. The summed E-state index contributed by atoms with van der Waals surface area (Å²) >= 11 is 6.01. The van der Waals surface area contributed by atoms with Crippen LogP contribution in [0.4, 0.5) is 11.4 Å². The quantitative estimate of drug-likeness (QED) is 0.390. The maximum Gasteiger partial charge on any atom is 0.269 e. The first-order valence-electron chi connectivity index (χ1n) is 10.7. The van der Waals surface area contributed by atoms with Crippen LogP contribution in [-0.2, 0) is 22.5 Å². The number of carbonyl (C=O) groups is 1. The topological polar surface area (TPSA) is 87.9 Å². The number of carbonyl (C=O) groups excluding carboxylic acids is 1. The summed E-state index contributed by atoms with van der Waals surface area (Å²) in [6.45, 7) is 4.00. The first-order chi connectivity index (χ1) is 15.5. The minimum Gasteiger partial charge on any atom is -0.383 e. The molecule has 4 rings (SSSR count). The van der Waals surface area contributed by atoms with Crippen molar-refractivity contribution >= 4 is 28.9 Å². The second-order valence-corrected chi connectivity index (χ2v) is 8.72. The lowest BCUT2D eigenvalue weighted by Crippen LogP contribution is -2.61. The van der Waals surface area contributed by atoms with Gasteiger partial charge in [0.15, 0.2) is 0 Å². The van der Waals surface area contributed by atoms with Crippen LogP contribution in [0.15, 0.2) is 42.5 Å². The number of piperazine rings is 1. The number of nitrogens with one attached hydrogen (secondary N) is 1. The lowest BCUT2D eigenvalue weighted by Gasteiger charge is -2.49. The van der Waals surface area contributed by atoms with Crippen molar-refractivity contribution in [2.75, 3.05) is 44.8 Å². The van der Waals surface area contributed by atoms with Gasteiger partial charge in [0, 0.05) is 62.7 Å². The summed E-state index contributed by atoms with van der Waals surface area (Å²) in [5, 5.41) is 15.0. The van der Waals surface area contributed by atoms with Crippen LogP contribution >= 0.6 is 11.6 Å². The highest BCUT2D eigenvalue weighted by Gasteiger charge is 2.41. The molecule has 1 amide bonds. The van der Waals surface area contributed by atoms with Crippen LogP contribution in [0.1, 0.15) is 11.1 Å². The van der Waals surface area contributed by atoms with Gasteiger partial charge in [0.05, 0.1) is 23.5 Å². The van der Waals surface area contributed by atoms with E-state index in [2.05, 4.69) is 15.1 Å². The molecule has 2 aliphatic rings. The molecule has 0 radical (unpaired) electrons. The van der Waals surface area contributed by atoms with Crippen molar-refractivity contribution < 1.29 is 14.5 Å². The Kier molecular flexibility index (Phi) is 6.93. The van der Waals surface area contributed by atoms with E-state index in [0.29, 0.717) is 24.6 Å². The third-order valence-electron chi connectivity index (χ3n) is 6.25. The summed E-state index contributed by atoms with van der Waals surface area (Å²) in [6.07, 6.45) is 0.478. The maximum atomic E-state index is 13.1. The Bertz CT molecular complexity index is 984. The van der Waals surface area contributed by atoms with E-state index in [9.17, 15) is 14.9 Å². The summed E-state index contributed by atoms with van der Waals surface area (Å²) in [5.74, 6) is -0.336. The van der Waals surface area contributed by atoms with E-state index in [1.807, 2.05) is 30.3 Å². The highest BCUT2D eigenvalue weighted by molar-refractivity contribution is 6.30. The van der Waals surface area contributed by atoms with Gasteiger partial charge in [-0.2, -0.15) is 0 Å². The van der Waals surface area contributed by atoms with E-state index in [-0.39, 0.29) is 28.5 Å². The molecule has 0 saturated carbocycles. The Morgan fingerprint density at radius 2 is 2.03 bits per heavy atom. The average molecular weight is 459 g/mol. The van der Waals surface area contributed by atoms with Gasteiger partial charge in [0.25, 0.3) is 5.69 Å². The van der Waals surface area contributed by atoms with Crippen LogP contribution < -0.4 is 10.2 Å². The third kappa shape index (κ3) is 4.87. The molecule has 0 spiro atoms. The molecule has 8 nitrogen and oxygen atoms in total. The number of nitrogens with zero attached hydrogens (tertiary/aromatic N) is 3. The molecular weight excluding hydrogens is 432 g/mol. The second kappa shape index (κ2) is 9.85. The molecule has 1 fully saturated rings. The first-order valence-corrected chi connectivity index (χ1v) is 11.1. The van der Waals surface area contributed by atoms with E-state index in [4.69, 9.17) is 16.3 Å². The van der Waals surface area contributed by atoms with E-state index < -0.39 is 0 Å². The van der Waals surface area contributed by atoms with E-state index >= 15 is 0 Å². The summed E-state index contributed by atoms with van der Waals surface area (Å²) in [5.41, 5.74) is 3.08. The molecule has 2 aliphatic heterocycles. The minimum atomic E-state index is -0.385. The summed E-state index contributed by atoms with van der Waals surface area (Å²) in [4.78, 5) is 28.6. The molecule has 32 heavy (non-hydrogen) atoms. The molecule has 2 aromatic rings. The number of methoxy groups -OCH3 is 1. The zero-order valence-electron chi connectivity index (χ0n) is 18.0. The van der Waals surface area contributed by atoms with Crippen molar-refractivity contribution in [3.63, 3.8) is 0 Å². The number of ether oxygens (including phenoxy) is 1. The van der Waals surface area contributed by atoms with Gasteiger partial charge in [-0.05, 0) is 35.7 Å². The van der Waals surface area contributed by atoms with Crippen LogP contribution in [0, 0.1) is 16.0 Å². The summed E-state index contributed by atoms with van der Waals surface area (Å²) in [6, 6.07) is 12.8. The SMILES string of the molecule is COCCNC(=O)[C@@H]1Cc2cc([N+](=O)[O-])ccc2N2CCN(Cc3ccc(Cl)cc3)C[C@@H]12. The number of fused-ring (bicyclic) bond motifs is 3. The van der Waals surface area contributed by atoms with Crippen LogP contribution in [0.5, 0.6) is 0 Å². The highest BCUT2D eigenvalue weighted by Crippen LogP contribution is 2.38. The maximum absolute atomic E-state index is 13.1. The Hall–Kier alpha value is -2.68. The summed E-state index contributed by atoms with van der Waals surface area (Å²) < 4.78 is 5.06. The fraction of sp³-hybridized carbons (Fsp3) is 0.435. The van der Waals surface area contributed by atoms with Gasteiger partial charge in [-0.25, -0.2) is 0 Å². The first kappa shape index (κ1) is 22.5. The number of hydrogen-bond donors (Lipinski definition) is 1.